The standard InChI is InChI=1S/C8H15N3S/c1-4-6-7(9)8(12-5-2)11(3)10-6/h4-5,9H2,1-3H3. The van der Waals surface area contributed by atoms with E-state index in [1.54, 1.807) is 11.8 Å². The first-order valence-corrected chi connectivity index (χ1v) is 5.13. The van der Waals surface area contributed by atoms with Crippen molar-refractivity contribution in [3.63, 3.8) is 0 Å². The summed E-state index contributed by atoms with van der Waals surface area (Å²) in [5.74, 6) is 1.03. The van der Waals surface area contributed by atoms with Gasteiger partial charge in [-0.05, 0) is 12.2 Å². The summed E-state index contributed by atoms with van der Waals surface area (Å²) in [6, 6.07) is 0. The smallest absolute Gasteiger partial charge is 0.117 e. The molecule has 0 bridgehead atoms. The number of rotatable bonds is 3. The van der Waals surface area contributed by atoms with E-state index in [0.29, 0.717) is 0 Å². The molecule has 1 heterocycles. The number of anilines is 1. The Kier molecular flexibility index (Phi) is 3.03. The Labute approximate surface area is 77.3 Å². The molecule has 3 nitrogen and oxygen atoms in total. The Morgan fingerprint density at radius 1 is 1.50 bits per heavy atom. The van der Waals surface area contributed by atoms with E-state index < -0.39 is 0 Å². The van der Waals surface area contributed by atoms with E-state index in [-0.39, 0.29) is 0 Å². The highest BCUT2D eigenvalue weighted by Crippen LogP contribution is 2.26. The van der Waals surface area contributed by atoms with E-state index >= 15 is 0 Å². The zero-order valence-corrected chi connectivity index (χ0v) is 8.61. The Balaban J connectivity index is 3.01. The summed E-state index contributed by atoms with van der Waals surface area (Å²) in [4.78, 5) is 0. The molecule has 2 N–H and O–H groups in total. The number of hydrogen-bond acceptors (Lipinski definition) is 3. The molecule has 0 amide bonds. The summed E-state index contributed by atoms with van der Waals surface area (Å²) < 4.78 is 1.86. The van der Waals surface area contributed by atoms with Gasteiger partial charge in [-0.3, -0.25) is 4.68 Å². The van der Waals surface area contributed by atoms with Gasteiger partial charge >= 0.3 is 0 Å². The van der Waals surface area contributed by atoms with Gasteiger partial charge in [0, 0.05) is 7.05 Å². The molecule has 12 heavy (non-hydrogen) atoms. The van der Waals surface area contributed by atoms with Crippen molar-refractivity contribution in [1.82, 2.24) is 9.78 Å². The minimum atomic E-state index is 0.854. The van der Waals surface area contributed by atoms with Gasteiger partial charge in [0.25, 0.3) is 0 Å². The second kappa shape index (κ2) is 3.85. The monoisotopic (exact) mass is 185 g/mol. The molecule has 4 heteroatoms. The van der Waals surface area contributed by atoms with Crippen molar-refractivity contribution in [2.45, 2.75) is 25.3 Å². The highest BCUT2D eigenvalue weighted by Gasteiger charge is 2.10. The lowest BCUT2D eigenvalue weighted by molar-refractivity contribution is 0.687. The maximum atomic E-state index is 5.90. The number of nitrogen functional groups attached to an aromatic ring is 1. The Morgan fingerprint density at radius 3 is 2.58 bits per heavy atom. The first-order valence-electron chi connectivity index (χ1n) is 4.14. The Hall–Kier alpha value is -0.640. The van der Waals surface area contributed by atoms with E-state index in [4.69, 9.17) is 5.73 Å². The predicted molar refractivity (Wildman–Crippen MR) is 53.4 cm³/mol. The molecule has 0 radical (unpaired) electrons. The molecular formula is C8H15N3S. The predicted octanol–water partition coefficient (Wildman–Crippen LogP) is 1.68. The first-order chi connectivity index (χ1) is 5.70. The van der Waals surface area contributed by atoms with Crippen LogP contribution in [0.15, 0.2) is 5.03 Å². The van der Waals surface area contributed by atoms with Crippen LogP contribution in [0.2, 0.25) is 0 Å². The number of nitrogens with two attached hydrogens (primary N) is 1. The van der Waals surface area contributed by atoms with Gasteiger partial charge in [0.05, 0.1) is 11.4 Å². The van der Waals surface area contributed by atoms with E-state index in [9.17, 15) is 0 Å². The minimum Gasteiger partial charge on any atom is -0.395 e. The normalized spacial score (nSPS) is 10.6. The highest BCUT2D eigenvalue weighted by molar-refractivity contribution is 7.99. The van der Waals surface area contributed by atoms with Gasteiger partial charge in [0.2, 0.25) is 0 Å². The fourth-order valence-corrected chi connectivity index (χ4v) is 1.92. The van der Waals surface area contributed by atoms with Crippen LogP contribution in [0.1, 0.15) is 19.5 Å². The topological polar surface area (TPSA) is 43.8 Å². The van der Waals surface area contributed by atoms with Gasteiger partial charge in [-0.2, -0.15) is 5.10 Å². The third kappa shape index (κ3) is 1.58. The maximum Gasteiger partial charge on any atom is 0.117 e. The second-order valence-corrected chi connectivity index (χ2v) is 3.83. The van der Waals surface area contributed by atoms with Gasteiger partial charge in [0.1, 0.15) is 5.03 Å². The third-order valence-electron chi connectivity index (χ3n) is 1.72. The maximum absolute atomic E-state index is 5.90. The summed E-state index contributed by atoms with van der Waals surface area (Å²) in [7, 11) is 1.94. The van der Waals surface area contributed by atoms with Crippen molar-refractivity contribution in [2.75, 3.05) is 11.5 Å². The fourth-order valence-electron chi connectivity index (χ4n) is 1.15. The van der Waals surface area contributed by atoms with E-state index in [1.807, 2.05) is 11.7 Å². The number of aromatic nitrogens is 2. The fraction of sp³-hybridized carbons (Fsp3) is 0.625. The average Bonchev–Trinajstić information content (AvgIpc) is 2.32. The van der Waals surface area contributed by atoms with Crippen molar-refractivity contribution < 1.29 is 0 Å². The van der Waals surface area contributed by atoms with Gasteiger partial charge in [-0.25, -0.2) is 0 Å². The van der Waals surface area contributed by atoms with Crippen molar-refractivity contribution in [1.29, 1.82) is 0 Å². The van der Waals surface area contributed by atoms with Crippen LogP contribution < -0.4 is 5.73 Å². The van der Waals surface area contributed by atoms with Crippen molar-refractivity contribution >= 4 is 17.4 Å². The van der Waals surface area contributed by atoms with Crippen LogP contribution >= 0.6 is 11.8 Å². The molecule has 0 aliphatic carbocycles. The minimum absolute atomic E-state index is 0.854. The van der Waals surface area contributed by atoms with Crippen LogP contribution in [-0.2, 0) is 13.5 Å². The molecule has 0 aromatic carbocycles. The quantitative estimate of drug-likeness (QED) is 0.729. The molecule has 0 aliphatic heterocycles. The van der Waals surface area contributed by atoms with E-state index in [0.717, 1.165) is 28.6 Å². The number of thioether (sulfide) groups is 1. The molecule has 0 atom stereocenters. The van der Waals surface area contributed by atoms with Crippen LogP contribution in [0.25, 0.3) is 0 Å². The lowest BCUT2D eigenvalue weighted by atomic mass is 10.3. The molecule has 1 aromatic rings. The van der Waals surface area contributed by atoms with Crippen molar-refractivity contribution in [3.8, 4) is 0 Å². The molecule has 1 rings (SSSR count). The SMILES string of the molecule is CCSc1c(N)c(CC)nn1C. The van der Waals surface area contributed by atoms with Gasteiger partial charge in [-0.15, -0.1) is 11.8 Å². The lowest BCUT2D eigenvalue weighted by Gasteiger charge is -1.98. The molecule has 1 aromatic heterocycles. The van der Waals surface area contributed by atoms with Gasteiger partial charge in [-0.1, -0.05) is 13.8 Å². The first kappa shape index (κ1) is 9.45. The molecule has 0 fully saturated rings. The van der Waals surface area contributed by atoms with Gasteiger partial charge < -0.3 is 5.73 Å². The largest absolute Gasteiger partial charge is 0.395 e. The Bertz CT molecular complexity index is 268. The number of nitrogens with zero attached hydrogens (tertiary/aromatic N) is 2. The van der Waals surface area contributed by atoms with Crippen LogP contribution in [0.5, 0.6) is 0 Å². The molecule has 0 saturated carbocycles. The Morgan fingerprint density at radius 2 is 2.17 bits per heavy atom. The molecule has 0 saturated heterocycles. The zero-order valence-electron chi connectivity index (χ0n) is 7.79. The van der Waals surface area contributed by atoms with Crippen LogP contribution in [0.4, 0.5) is 5.69 Å². The van der Waals surface area contributed by atoms with Crippen molar-refractivity contribution in [3.05, 3.63) is 5.69 Å². The molecule has 0 unspecified atom stereocenters. The van der Waals surface area contributed by atoms with Crippen LogP contribution in [-0.4, -0.2) is 15.5 Å². The summed E-state index contributed by atoms with van der Waals surface area (Å²) in [5, 5.41) is 5.41. The molecule has 68 valence electrons. The number of hydrogen-bond donors (Lipinski definition) is 1. The summed E-state index contributed by atoms with van der Waals surface area (Å²) in [5.41, 5.74) is 7.76. The molecule has 0 aliphatic rings. The van der Waals surface area contributed by atoms with Crippen LogP contribution in [0.3, 0.4) is 0 Å². The molecular weight excluding hydrogens is 170 g/mol. The molecule has 0 spiro atoms. The summed E-state index contributed by atoms with van der Waals surface area (Å²) in [6.07, 6.45) is 0.907. The number of aryl methyl sites for hydroxylation is 2. The highest BCUT2D eigenvalue weighted by atomic mass is 32.2. The summed E-state index contributed by atoms with van der Waals surface area (Å²) >= 11 is 1.74. The average molecular weight is 185 g/mol. The lowest BCUT2D eigenvalue weighted by Crippen LogP contribution is -1.93. The van der Waals surface area contributed by atoms with E-state index in [1.165, 1.54) is 0 Å². The van der Waals surface area contributed by atoms with Gasteiger partial charge in [0.15, 0.2) is 0 Å². The second-order valence-electron chi connectivity index (χ2n) is 2.58. The third-order valence-corrected chi connectivity index (χ3v) is 2.77. The van der Waals surface area contributed by atoms with Crippen molar-refractivity contribution in [2.24, 2.45) is 7.05 Å². The van der Waals surface area contributed by atoms with E-state index in [2.05, 4.69) is 18.9 Å². The summed E-state index contributed by atoms with van der Waals surface area (Å²) in [6.45, 7) is 4.18. The van der Waals surface area contributed by atoms with Crippen LogP contribution in [0, 0.1) is 0 Å². The zero-order chi connectivity index (χ0) is 9.14.